The molecule has 0 aliphatic heterocycles. The Kier molecular flexibility index (Phi) is 3.29. The predicted molar refractivity (Wildman–Crippen MR) is 65.8 cm³/mol. The maximum Gasteiger partial charge on any atom is 0.335 e. The summed E-state index contributed by atoms with van der Waals surface area (Å²) < 4.78 is 13.4. The molecule has 0 saturated heterocycles. The van der Waals surface area contributed by atoms with Crippen LogP contribution in [0.15, 0.2) is 36.4 Å². The second-order valence-electron chi connectivity index (χ2n) is 3.90. The normalized spacial score (nSPS) is 10.2. The van der Waals surface area contributed by atoms with Gasteiger partial charge in [0.15, 0.2) is 17.9 Å². The zero-order chi connectivity index (χ0) is 14.0. The van der Waals surface area contributed by atoms with Crippen molar-refractivity contribution < 1.29 is 24.2 Å². The maximum atomic E-state index is 13.4. The summed E-state index contributed by atoms with van der Waals surface area (Å²) >= 11 is 0. The highest BCUT2D eigenvalue weighted by Gasteiger charge is 2.11. The van der Waals surface area contributed by atoms with Gasteiger partial charge in [-0.2, -0.15) is 0 Å². The van der Waals surface area contributed by atoms with Crippen LogP contribution in [0.2, 0.25) is 0 Å². The smallest absolute Gasteiger partial charge is 0.335 e. The van der Waals surface area contributed by atoms with Gasteiger partial charge in [0.1, 0.15) is 0 Å². The molecular weight excluding hydrogens is 251 g/mol. The number of carbonyl (C=O) groups is 2. The Balaban J connectivity index is 2.50. The van der Waals surface area contributed by atoms with Crippen molar-refractivity contribution in [2.24, 2.45) is 0 Å². The lowest BCUT2D eigenvalue weighted by molar-refractivity contribution is 0.0696. The topological polar surface area (TPSA) is 74.6 Å². The number of carboxylic acids is 1. The molecule has 0 spiro atoms. The zero-order valence-electron chi connectivity index (χ0n) is 9.63. The average Bonchev–Trinajstić information content (AvgIpc) is 2.41. The Bertz CT molecular complexity index is 647. The second-order valence-corrected chi connectivity index (χ2v) is 3.90. The molecule has 2 rings (SSSR count). The number of carbonyl (C=O) groups excluding carboxylic acids is 1. The molecule has 5 heteroatoms. The fourth-order valence-electron chi connectivity index (χ4n) is 1.68. The number of phenols is 1. The highest BCUT2D eigenvalue weighted by Crippen LogP contribution is 2.28. The maximum absolute atomic E-state index is 13.4. The molecular formula is C14H9FO4. The zero-order valence-corrected chi connectivity index (χ0v) is 9.63. The van der Waals surface area contributed by atoms with Gasteiger partial charge in [0.05, 0.1) is 11.1 Å². The molecule has 0 saturated carbocycles. The Hall–Kier alpha value is -2.69. The van der Waals surface area contributed by atoms with Crippen molar-refractivity contribution in [2.45, 2.75) is 0 Å². The van der Waals surface area contributed by atoms with Crippen LogP contribution >= 0.6 is 0 Å². The molecule has 0 aliphatic carbocycles. The van der Waals surface area contributed by atoms with Gasteiger partial charge in [0.25, 0.3) is 0 Å². The molecule has 0 unspecified atom stereocenters. The van der Waals surface area contributed by atoms with Crippen molar-refractivity contribution >= 4 is 12.3 Å². The molecule has 0 heterocycles. The minimum absolute atomic E-state index is 0.110. The average molecular weight is 260 g/mol. The minimum Gasteiger partial charge on any atom is -0.504 e. The van der Waals surface area contributed by atoms with Gasteiger partial charge < -0.3 is 10.2 Å². The number of rotatable bonds is 3. The third kappa shape index (κ3) is 2.44. The van der Waals surface area contributed by atoms with E-state index in [1.807, 2.05) is 0 Å². The fourth-order valence-corrected chi connectivity index (χ4v) is 1.68. The van der Waals surface area contributed by atoms with E-state index < -0.39 is 17.5 Å². The van der Waals surface area contributed by atoms with Crippen molar-refractivity contribution in [3.05, 3.63) is 53.3 Å². The first-order valence-electron chi connectivity index (χ1n) is 5.34. The van der Waals surface area contributed by atoms with E-state index in [0.29, 0.717) is 17.4 Å². The number of benzene rings is 2. The molecule has 0 radical (unpaired) electrons. The first kappa shape index (κ1) is 12.8. The largest absolute Gasteiger partial charge is 0.504 e. The van der Waals surface area contributed by atoms with E-state index in [1.165, 1.54) is 30.3 Å². The first-order chi connectivity index (χ1) is 9.02. The molecule has 96 valence electrons. The summed E-state index contributed by atoms with van der Waals surface area (Å²) in [4.78, 5) is 21.4. The van der Waals surface area contributed by atoms with Crippen LogP contribution in [0.25, 0.3) is 11.1 Å². The van der Waals surface area contributed by atoms with Gasteiger partial charge >= 0.3 is 5.97 Å². The summed E-state index contributed by atoms with van der Waals surface area (Å²) in [5.74, 6) is -2.65. The lowest BCUT2D eigenvalue weighted by Crippen LogP contribution is -1.95. The SMILES string of the molecule is O=Cc1cc(-c2ccc(C(=O)O)cc2)cc(F)c1O. The molecule has 0 bridgehead atoms. The van der Waals surface area contributed by atoms with Crippen LogP contribution in [-0.4, -0.2) is 22.5 Å². The monoisotopic (exact) mass is 260 g/mol. The lowest BCUT2D eigenvalue weighted by Gasteiger charge is -2.06. The highest BCUT2D eigenvalue weighted by molar-refractivity contribution is 5.88. The van der Waals surface area contributed by atoms with Gasteiger partial charge in [-0.05, 0) is 35.4 Å². The molecule has 19 heavy (non-hydrogen) atoms. The second kappa shape index (κ2) is 4.89. The van der Waals surface area contributed by atoms with Gasteiger partial charge in [-0.1, -0.05) is 12.1 Å². The van der Waals surface area contributed by atoms with Crippen molar-refractivity contribution in [2.75, 3.05) is 0 Å². The molecule has 0 amide bonds. The van der Waals surface area contributed by atoms with Crippen molar-refractivity contribution in [3.8, 4) is 16.9 Å². The molecule has 4 nitrogen and oxygen atoms in total. The molecule has 2 aromatic rings. The van der Waals surface area contributed by atoms with Crippen LogP contribution < -0.4 is 0 Å². The number of hydrogen-bond donors (Lipinski definition) is 2. The van der Waals surface area contributed by atoms with Crippen LogP contribution in [0.4, 0.5) is 4.39 Å². The number of phenolic OH excluding ortho intramolecular Hbond substituents is 1. The lowest BCUT2D eigenvalue weighted by atomic mass is 10.0. The summed E-state index contributed by atoms with van der Waals surface area (Å²) in [6.45, 7) is 0. The third-order valence-corrected chi connectivity index (χ3v) is 2.69. The van der Waals surface area contributed by atoms with E-state index in [-0.39, 0.29) is 11.1 Å². The number of halogens is 1. The Morgan fingerprint density at radius 3 is 2.26 bits per heavy atom. The quantitative estimate of drug-likeness (QED) is 0.832. The predicted octanol–water partition coefficient (Wildman–Crippen LogP) is 2.71. The molecule has 0 fully saturated rings. The summed E-state index contributed by atoms with van der Waals surface area (Å²) in [7, 11) is 0. The fraction of sp³-hybridized carbons (Fsp3) is 0. The van der Waals surface area contributed by atoms with Crippen LogP contribution in [0.1, 0.15) is 20.7 Å². The first-order valence-corrected chi connectivity index (χ1v) is 5.34. The Morgan fingerprint density at radius 1 is 1.11 bits per heavy atom. The number of aldehydes is 1. The van der Waals surface area contributed by atoms with Crippen LogP contribution in [0.3, 0.4) is 0 Å². The van der Waals surface area contributed by atoms with Crippen molar-refractivity contribution in [1.82, 2.24) is 0 Å². The van der Waals surface area contributed by atoms with Gasteiger partial charge in [0, 0.05) is 0 Å². The van der Waals surface area contributed by atoms with E-state index in [1.54, 1.807) is 0 Å². The van der Waals surface area contributed by atoms with Gasteiger partial charge in [-0.15, -0.1) is 0 Å². The van der Waals surface area contributed by atoms with Crippen LogP contribution in [0, 0.1) is 5.82 Å². The molecule has 0 atom stereocenters. The van der Waals surface area contributed by atoms with E-state index >= 15 is 0 Å². The van der Waals surface area contributed by atoms with E-state index in [2.05, 4.69) is 0 Å². The van der Waals surface area contributed by atoms with Crippen molar-refractivity contribution in [1.29, 1.82) is 0 Å². The molecule has 2 N–H and O–H groups in total. The summed E-state index contributed by atoms with van der Waals surface area (Å²) in [5.41, 5.74) is 0.886. The molecule has 2 aromatic carbocycles. The molecule has 0 aliphatic rings. The van der Waals surface area contributed by atoms with Crippen LogP contribution in [0.5, 0.6) is 5.75 Å². The van der Waals surface area contributed by atoms with Gasteiger partial charge in [-0.3, -0.25) is 4.79 Å². The van der Waals surface area contributed by atoms with E-state index in [9.17, 15) is 19.1 Å². The van der Waals surface area contributed by atoms with E-state index in [0.717, 1.165) is 6.07 Å². The number of aromatic carboxylic acids is 1. The molecule has 0 aromatic heterocycles. The van der Waals surface area contributed by atoms with E-state index in [4.69, 9.17) is 5.11 Å². The van der Waals surface area contributed by atoms with Crippen molar-refractivity contribution in [3.63, 3.8) is 0 Å². The summed E-state index contributed by atoms with van der Waals surface area (Å²) in [6.07, 6.45) is 0.355. The summed E-state index contributed by atoms with van der Waals surface area (Å²) in [5, 5.41) is 18.1. The highest BCUT2D eigenvalue weighted by atomic mass is 19.1. The number of aromatic hydroxyl groups is 1. The van der Waals surface area contributed by atoms with Crippen LogP contribution in [-0.2, 0) is 0 Å². The Labute approximate surface area is 107 Å². The van der Waals surface area contributed by atoms with Gasteiger partial charge in [-0.25, -0.2) is 9.18 Å². The standard InChI is InChI=1S/C14H9FO4/c15-12-6-10(5-11(7-16)13(12)17)8-1-3-9(4-2-8)14(18)19/h1-7,17H,(H,18,19). The number of carboxylic acid groups (broad SMARTS) is 1. The third-order valence-electron chi connectivity index (χ3n) is 2.69. The Morgan fingerprint density at radius 2 is 1.74 bits per heavy atom. The summed E-state index contributed by atoms with van der Waals surface area (Å²) in [6, 6.07) is 8.18. The number of hydrogen-bond acceptors (Lipinski definition) is 3. The van der Waals surface area contributed by atoms with Gasteiger partial charge in [0.2, 0.25) is 0 Å². The minimum atomic E-state index is -1.06.